The SMILES string of the molecule is [Na].c1ccc(Cc2ccccc2)cc1. The van der Waals surface area contributed by atoms with Gasteiger partial charge in [-0.1, -0.05) is 60.7 Å². The Hall–Kier alpha value is -0.560. The zero-order chi connectivity index (χ0) is 8.93. The minimum Gasteiger partial charge on any atom is -0.0622 e. The van der Waals surface area contributed by atoms with E-state index in [0.717, 1.165) is 6.42 Å². The van der Waals surface area contributed by atoms with Crippen LogP contribution in [0.3, 0.4) is 0 Å². The Balaban J connectivity index is 0.000000980. The summed E-state index contributed by atoms with van der Waals surface area (Å²) < 4.78 is 0. The summed E-state index contributed by atoms with van der Waals surface area (Å²) in [7, 11) is 0. The Morgan fingerprint density at radius 2 is 0.929 bits per heavy atom. The molecule has 2 aromatic rings. The summed E-state index contributed by atoms with van der Waals surface area (Å²) in [5.74, 6) is 0. The van der Waals surface area contributed by atoms with Gasteiger partial charge in [0.25, 0.3) is 0 Å². The Morgan fingerprint density at radius 3 is 1.29 bits per heavy atom. The summed E-state index contributed by atoms with van der Waals surface area (Å²) in [5.41, 5.74) is 2.74. The molecule has 0 aliphatic heterocycles. The molecule has 2 rings (SSSR count). The Morgan fingerprint density at radius 1 is 0.571 bits per heavy atom. The quantitative estimate of drug-likeness (QED) is 0.640. The Bertz CT molecular complexity index is 316. The molecule has 0 amide bonds. The van der Waals surface area contributed by atoms with Gasteiger partial charge in [-0.25, -0.2) is 0 Å². The molecule has 0 saturated heterocycles. The topological polar surface area (TPSA) is 0 Å². The molecule has 0 bridgehead atoms. The van der Waals surface area contributed by atoms with Gasteiger partial charge in [-0.2, -0.15) is 0 Å². The zero-order valence-electron chi connectivity index (χ0n) is 8.48. The van der Waals surface area contributed by atoms with Crippen LogP contribution in [0.25, 0.3) is 0 Å². The van der Waals surface area contributed by atoms with Crippen molar-refractivity contribution in [1.29, 1.82) is 0 Å². The van der Waals surface area contributed by atoms with Crippen molar-refractivity contribution in [1.82, 2.24) is 0 Å². The second-order valence-corrected chi connectivity index (χ2v) is 3.15. The van der Waals surface area contributed by atoms with Crippen LogP contribution < -0.4 is 0 Å². The molecule has 1 heteroatoms. The number of rotatable bonds is 2. The molecule has 0 N–H and O–H groups in total. The zero-order valence-corrected chi connectivity index (χ0v) is 10.5. The molecular weight excluding hydrogens is 179 g/mol. The predicted molar refractivity (Wildman–Crippen MR) is 61.4 cm³/mol. The van der Waals surface area contributed by atoms with E-state index in [-0.39, 0.29) is 29.6 Å². The first kappa shape index (κ1) is 11.5. The number of hydrogen-bond donors (Lipinski definition) is 0. The molecule has 0 aliphatic rings. The monoisotopic (exact) mass is 191 g/mol. The fourth-order valence-electron chi connectivity index (χ4n) is 1.43. The number of benzene rings is 2. The van der Waals surface area contributed by atoms with E-state index in [9.17, 15) is 0 Å². The maximum Gasteiger partial charge on any atom is 0 e. The molecular formula is C13H12Na. The third-order valence-corrected chi connectivity index (χ3v) is 2.09. The molecule has 2 aromatic carbocycles. The van der Waals surface area contributed by atoms with Gasteiger partial charge in [-0.3, -0.25) is 0 Å². The van der Waals surface area contributed by atoms with Gasteiger partial charge in [0, 0.05) is 29.6 Å². The van der Waals surface area contributed by atoms with E-state index in [1.165, 1.54) is 11.1 Å². The van der Waals surface area contributed by atoms with Crippen LogP contribution in [0.1, 0.15) is 11.1 Å². The average Bonchev–Trinajstić information content (AvgIpc) is 2.21. The summed E-state index contributed by atoms with van der Waals surface area (Å²) in [6.07, 6.45) is 1.03. The van der Waals surface area contributed by atoms with E-state index in [4.69, 9.17) is 0 Å². The molecule has 0 spiro atoms. The smallest absolute Gasteiger partial charge is 0 e. The Kier molecular flexibility index (Phi) is 4.95. The van der Waals surface area contributed by atoms with Gasteiger partial charge in [-0.15, -0.1) is 0 Å². The van der Waals surface area contributed by atoms with Crippen LogP contribution >= 0.6 is 0 Å². The maximum absolute atomic E-state index is 2.16. The van der Waals surface area contributed by atoms with Crippen LogP contribution in [0.15, 0.2) is 60.7 Å². The van der Waals surface area contributed by atoms with Crippen LogP contribution in [0.4, 0.5) is 0 Å². The fraction of sp³-hybridized carbons (Fsp3) is 0.0769. The van der Waals surface area contributed by atoms with E-state index in [1.807, 2.05) is 0 Å². The van der Waals surface area contributed by atoms with E-state index in [1.54, 1.807) is 0 Å². The molecule has 0 aromatic heterocycles. The van der Waals surface area contributed by atoms with Crippen LogP contribution in [0.2, 0.25) is 0 Å². The minimum absolute atomic E-state index is 0. The summed E-state index contributed by atoms with van der Waals surface area (Å²) in [5, 5.41) is 0. The van der Waals surface area contributed by atoms with Gasteiger partial charge < -0.3 is 0 Å². The van der Waals surface area contributed by atoms with Crippen molar-refractivity contribution in [2.24, 2.45) is 0 Å². The van der Waals surface area contributed by atoms with Crippen molar-refractivity contribution in [3.8, 4) is 0 Å². The van der Waals surface area contributed by atoms with Crippen molar-refractivity contribution in [2.45, 2.75) is 6.42 Å². The second kappa shape index (κ2) is 6.02. The molecule has 14 heavy (non-hydrogen) atoms. The van der Waals surface area contributed by atoms with Crippen LogP contribution in [0, 0.1) is 0 Å². The molecule has 65 valence electrons. The first-order chi connectivity index (χ1) is 6.45. The van der Waals surface area contributed by atoms with Gasteiger partial charge in [0.1, 0.15) is 0 Å². The van der Waals surface area contributed by atoms with E-state index >= 15 is 0 Å². The van der Waals surface area contributed by atoms with Crippen LogP contribution in [-0.4, -0.2) is 29.6 Å². The van der Waals surface area contributed by atoms with Crippen molar-refractivity contribution >= 4 is 29.6 Å². The van der Waals surface area contributed by atoms with Gasteiger partial charge in [0.05, 0.1) is 0 Å². The number of hydrogen-bond acceptors (Lipinski definition) is 0. The summed E-state index contributed by atoms with van der Waals surface area (Å²) >= 11 is 0. The van der Waals surface area contributed by atoms with Crippen molar-refractivity contribution in [3.05, 3.63) is 71.8 Å². The summed E-state index contributed by atoms with van der Waals surface area (Å²) in [6.45, 7) is 0. The maximum atomic E-state index is 2.16. The molecule has 1 radical (unpaired) electrons. The minimum atomic E-state index is 0. The summed E-state index contributed by atoms with van der Waals surface area (Å²) in [4.78, 5) is 0. The molecule has 0 nitrogen and oxygen atoms in total. The molecule has 0 fully saturated rings. The fourth-order valence-corrected chi connectivity index (χ4v) is 1.43. The van der Waals surface area contributed by atoms with Crippen LogP contribution in [0.5, 0.6) is 0 Å². The van der Waals surface area contributed by atoms with E-state index < -0.39 is 0 Å². The van der Waals surface area contributed by atoms with Crippen molar-refractivity contribution in [3.63, 3.8) is 0 Å². The average molecular weight is 191 g/mol. The van der Waals surface area contributed by atoms with Gasteiger partial charge in [0.15, 0.2) is 0 Å². The third-order valence-electron chi connectivity index (χ3n) is 2.09. The first-order valence-electron chi connectivity index (χ1n) is 4.53. The van der Waals surface area contributed by atoms with E-state index in [0.29, 0.717) is 0 Å². The van der Waals surface area contributed by atoms with Gasteiger partial charge >= 0.3 is 0 Å². The van der Waals surface area contributed by atoms with Crippen molar-refractivity contribution < 1.29 is 0 Å². The first-order valence-corrected chi connectivity index (χ1v) is 4.53. The molecule has 0 aliphatic carbocycles. The standard InChI is InChI=1S/C13H12.Na/c1-3-7-12(8-4-1)11-13-9-5-2-6-10-13;/h1-10H,11H2;. The molecule has 0 atom stereocenters. The molecule has 0 heterocycles. The predicted octanol–water partition coefficient (Wildman–Crippen LogP) is 2.90. The molecule has 0 saturated carbocycles. The largest absolute Gasteiger partial charge is 0.0622 e. The third kappa shape index (κ3) is 3.30. The second-order valence-electron chi connectivity index (χ2n) is 3.15. The normalized spacial score (nSPS) is 9.14. The Labute approximate surface area is 107 Å². The molecule has 0 unspecified atom stereocenters. The summed E-state index contributed by atoms with van der Waals surface area (Å²) in [6, 6.07) is 21.1. The van der Waals surface area contributed by atoms with Gasteiger partial charge in [0.2, 0.25) is 0 Å². The van der Waals surface area contributed by atoms with Gasteiger partial charge in [-0.05, 0) is 17.5 Å². The van der Waals surface area contributed by atoms with Crippen LogP contribution in [-0.2, 0) is 6.42 Å². The van der Waals surface area contributed by atoms with E-state index in [2.05, 4.69) is 60.7 Å². The van der Waals surface area contributed by atoms with Crippen molar-refractivity contribution in [2.75, 3.05) is 0 Å².